The van der Waals surface area contributed by atoms with E-state index in [1.54, 1.807) is 0 Å². The number of ether oxygens (including phenoxy) is 3. The van der Waals surface area contributed by atoms with E-state index in [0.717, 1.165) is 135 Å². The van der Waals surface area contributed by atoms with Crippen LogP contribution in [0.15, 0.2) is 109 Å². The van der Waals surface area contributed by atoms with Gasteiger partial charge in [0.05, 0.1) is 0 Å². The van der Waals surface area contributed by atoms with Gasteiger partial charge in [0.1, 0.15) is 13.2 Å². The highest BCUT2D eigenvalue weighted by Gasteiger charge is 2.19. The van der Waals surface area contributed by atoms with E-state index >= 15 is 0 Å². The first kappa shape index (κ1) is 79.1. The van der Waals surface area contributed by atoms with Crippen molar-refractivity contribution in [3.8, 4) is 0 Å². The van der Waals surface area contributed by atoms with E-state index in [1.807, 2.05) is 0 Å². The summed E-state index contributed by atoms with van der Waals surface area (Å²) in [6, 6.07) is 0. The van der Waals surface area contributed by atoms with Gasteiger partial charge in [-0.15, -0.1) is 0 Å². The molecule has 0 bridgehead atoms. The lowest BCUT2D eigenvalue weighted by Gasteiger charge is -2.18. The van der Waals surface area contributed by atoms with Crippen LogP contribution in [0.2, 0.25) is 0 Å². The van der Waals surface area contributed by atoms with Crippen LogP contribution in [0.25, 0.3) is 0 Å². The molecule has 476 valence electrons. The predicted octanol–water partition coefficient (Wildman–Crippen LogP) is 24.6. The number of allylic oxidation sites excluding steroid dienone is 18. The summed E-state index contributed by atoms with van der Waals surface area (Å²) in [7, 11) is 0. The summed E-state index contributed by atoms with van der Waals surface area (Å²) in [5, 5.41) is 0. The number of hydrogen-bond donors (Lipinski definition) is 0. The standard InChI is InChI=1S/C77H132O6/c1-4-7-10-13-16-19-22-25-28-31-34-36-37-38-39-41-43-46-49-52-55-58-61-64-67-70-76(79)82-73-74(72-81-75(78)69-66-63-60-57-54-51-48-45-42-33-30-27-24-21-18-15-12-9-6-3)83-77(80)71-68-65-62-59-56-53-50-47-44-40-35-32-29-26-23-20-17-14-11-8-5-2/h7-8,10-11,16-17,19-20,25-26,28-29,34-36,40,47,50,74H,4-6,9,12-15,18,21-24,27,30-33,37-39,41-46,48-49,51-73H2,1-3H3/b10-7-,11-8-,19-16-,20-17-,28-25-,29-26-,36-34-,40-35-,50-47-. The van der Waals surface area contributed by atoms with E-state index in [-0.39, 0.29) is 31.1 Å². The lowest BCUT2D eigenvalue weighted by molar-refractivity contribution is -0.167. The first-order chi connectivity index (χ1) is 41.0. The van der Waals surface area contributed by atoms with Gasteiger partial charge in [0.25, 0.3) is 0 Å². The Hall–Kier alpha value is -3.93. The number of carbonyl (C=O) groups excluding carboxylic acids is 3. The van der Waals surface area contributed by atoms with E-state index in [1.165, 1.54) is 167 Å². The molecule has 1 atom stereocenters. The fraction of sp³-hybridized carbons (Fsp3) is 0.727. The quantitative estimate of drug-likeness (QED) is 0.0261. The molecule has 6 nitrogen and oxygen atoms in total. The Morgan fingerprint density at radius 2 is 0.470 bits per heavy atom. The van der Waals surface area contributed by atoms with Crippen LogP contribution < -0.4 is 0 Å². The highest BCUT2D eigenvalue weighted by atomic mass is 16.6. The summed E-state index contributed by atoms with van der Waals surface area (Å²) in [5.74, 6) is -0.888. The van der Waals surface area contributed by atoms with Crippen LogP contribution in [-0.2, 0) is 28.6 Å². The normalized spacial score (nSPS) is 12.8. The zero-order valence-electron chi connectivity index (χ0n) is 54.7. The summed E-state index contributed by atoms with van der Waals surface area (Å²) < 4.78 is 17.0. The maximum absolute atomic E-state index is 13.0. The Labute approximate surface area is 514 Å². The average molecular weight is 1150 g/mol. The van der Waals surface area contributed by atoms with Crippen LogP contribution in [0.4, 0.5) is 0 Å². The highest BCUT2D eigenvalue weighted by Crippen LogP contribution is 2.17. The fourth-order valence-electron chi connectivity index (χ4n) is 10.1. The van der Waals surface area contributed by atoms with Crippen LogP contribution >= 0.6 is 0 Å². The predicted molar refractivity (Wildman–Crippen MR) is 362 cm³/mol. The molecule has 0 rings (SSSR count). The SMILES string of the molecule is CC/C=C\C/C=C\C/C=C\C/C=C\C/C=C\CCCCCCCC(=O)OC(COC(=O)CCCCCCCCCCCCCC/C=C\C/C=C\C/C=C\C/C=C\CC)COC(=O)CCCCCCCCCCCCCCCCCCCCC. The van der Waals surface area contributed by atoms with Crippen molar-refractivity contribution in [3.63, 3.8) is 0 Å². The monoisotopic (exact) mass is 1150 g/mol. The summed E-state index contributed by atoms with van der Waals surface area (Å²) in [6.45, 7) is 6.45. The van der Waals surface area contributed by atoms with Crippen LogP contribution in [0, 0.1) is 0 Å². The van der Waals surface area contributed by atoms with Crippen molar-refractivity contribution in [3.05, 3.63) is 109 Å². The van der Waals surface area contributed by atoms with Crippen LogP contribution in [0.3, 0.4) is 0 Å². The van der Waals surface area contributed by atoms with E-state index in [2.05, 4.69) is 130 Å². The molecule has 0 heterocycles. The molecule has 0 radical (unpaired) electrons. The zero-order chi connectivity index (χ0) is 59.9. The number of unbranched alkanes of at least 4 members (excludes halogenated alkanes) is 35. The first-order valence-corrected chi connectivity index (χ1v) is 35.4. The highest BCUT2D eigenvalue weighted by molar-refractivity contribution is 5.71. The third-order valence-electron chi connectivity index (χ3n) is 15.3. The van der Waals surface area contributed by atoms with Gasteiger partial charge in [0.2, 0.25) is 0 Å². The molecule has 83 heavy (non-hydrogen) atoms. The molecular weight excluding hydrogens is 1020 g/mol. The third-order valence-corrected chi connectivity index (χ3v) is 15.3. The van der Waals surface area contributed by atoms with Crippen molar-refractivity contribution in [2.75, 3.05) is 13.2 Å². The molecule has 0 aromatic heterocycles. The number of rotatable bonds is 64. The molecule has 0 fully saturated rings. The van der Waals surface area contributed by atoms with E-state index in [0.29, 0.717) is 19.3 Å². The maximum Gasteiger partial charge on any atom is 0.306 e. The molecule has 0 aliphatic carbocycles. The number of carbonyl (C=O) groups is 3. The third kappa shape index (κ3) is 68.7. The van der Waals surface area contributed by atoms with Crippen LogP contribution in [0.1, 0.15) is 342 Å². The Morgan fingerprint density at radius 3 is 0.735 bits per heavy atom. The molecule has 0 N–H and O–H groups in total. The molecule has 6 heteroatoms. The molecule has 0 aromatic rings. The first-order valence-electron chi connectivity index (χ1n) is 35.4. The molecule has 0 spiro atoms. The molecular formula is C77H132O6. The van der Waals surface area contributed by atoms with Gasteiger partial charge in [-0.2, -0.15) is 0 Å². The van der Waals surface area contributed by atoms with Crippen LogP contribution in [0.5, 0.6) is 0 Å². The molecule has 0 aliphatic heterocycles. The Kier molecular flexibility index (Phi) is 67.2. The topological polar surface area (TPSA) is 78.9 Å². The number of esters is 3. The minimum atomic E-state index is -0.792. The summed E-state index contributed by atoms with van der Waals surface area (Å²) >= 11 is 0. The van der Waals surface area contributed by atoms with Gasteiger partial charge >= 0.3 is 17.9 Å². The lowest BCUT2D eigenvalue weighted by Crippen LogP contribution is -2.30. The molecule has 0 saturated heterocycles. The van der Waals surface area contributed by atoms with Crippen molar-refractivity contribution >= 4 is 17.9 Å². The number of hydrogen-bond acceptors (Lipinski definition) is 6. The smallest absolute Gasteiger partial charge is 0.306 e. The van der Waals surface area contributed by atoms with E-state index in [4.69, 9.17) is 14.2 Å². The Balaban J connectivity index is 4.39. The maximum atomic E-state index is 13.0. The summed E-state index contributed by atoms with van der Waals surface area (Å²) in [5.41, 5.74) is 0. The Morgan fingerprint density at radius 1 is 0.253 bits per heavy atom. The molecule has 0 aromatic carbocycles. The summed E-state index contributed by atoms with van der Waals surface area (Å²) in [6.07, 6.45) is 96.8. The lowest BCUT2D eigenvalue weighted by atomic mass is 10.0. The second-order valence-electron chi connectivity index (χ2n) is 23.4. The van der Waals surface area contributed by atoms with Gasteiger partial charge in [-0.1, -0.05) is 329 Å². The summed E-state index contributed by atoms with van der Waals surface area (Å²) in [4.78, 5) is 38.5. The minimum absolute atomic E-state index is 0.0839. The van der Waals surface area contributed by atoms with Gasteiger partial charge in [-0.25, -0.2) is 0 Å². The van der Waals surface area contributed by atoms with Crippen molar-refractivity contribution < 1.29 is 28.6 Å². The molecule has 0 amide bonds. The fourth-order valence-corrected chi connectivity index (χ4v) is 10.1. The van der Waals surface area contributed by atoms with Gasteiger partial charge in [0, 0.05) is 19.3 Å². The molecule has 1 unspecified atom stereocenters. The van der Waals surface area contributed by atoms with Crippen molar-refractivity contribution in [2.45, 2.75) is 348 Å². The van der Waals surface area contributed by atoms with Gasteiger partial charge < -0.3 is 14.2 Å². The minimum Gasteiger partial charge on any atom is -0.462 e. The largest absolute Gasteiger partial charge is 0.462 e. The van der Waals surface area contributed by atoms with E-state index in [9.17, 15) is 14.4 Å². The Bertz CT molecular complexity index is 1660. The van der Waals surface area contributed by atoms with Gasteiger partial charge in [0.15, 0.2) is 6.10 Å². The molecule has 0 saturated carbocycles. The second kappa shape index (κ2) is 70.6. The van der Waals surface area contributed by atoms with Gasteiger partial charge in [-0.3, -0.25) is 14.4 Å². The van der Waals surface area contributed by atoms with Crippen molar-refractivity contribution in [1.29, 1.82) is 0 Å². The molecule has 0 aliphatic rings. The van der Waals surface area contributed by atoms with Gasteiger partial charge in [-0.05, 0) is 103 Å². The zero-order valence-corrected chi connectivity index (χ0v) is 54.7. The van der Waals surface area contributed by atoms with Crippen molar-refractivity contribution in [2.24, 2.45) is 0 Å². The van der Waals surface area contributed by atoms with Crippen LogP contribution in [-0.4, -0.2) is 37.2 Å². The van der Waals surface area contributed by atoms with E-state index < -0.39 is 6.10 Å². The average Bonchev–Trinajstić information content (AvgIpc) is 3.50. The second-order valence-corrected chi connectivity index (χ2v) is 23.4. The van der Waals surface area contributed by atoms with Crippen molar-refractivity contribution in [1.82, 2.24) is 0 Å².